The van der Waals surface area contributed by atoms with E-state index in [9.17, 15) is 8.42 Å². The molecule has 0 saturated heterocycles. The van der Waals surface area contributed by atoms with Crippen LogP contribution in [0.4, 0.5) is 0 Å². The fraction of sp³-hybridized carbons (Fsp3) is 0.222. The molecule has 0 saturated carbocycles. The van der Waals surface area contributed by atoms with Gasteiger partial charge in [0, 0.05) is 28.1 Å². The summed E-state index contributed by atoms with van der Waals surface area (Å²) < 4.78 is 28.8. The number of H-pyrrole nitrogens is 1. The molecule has 0 bridgehead atoms. The van der Waals surface area contributed by atoms with Gasteiger partial charge in [0.2, 0.25) is 10.0 Å². The van der Waals surface area contributed by atoms with Crippen molar-refractivity contribution in [1.82, 2.24) is 9.71 Å². The minimum atomic E-state index is -3.51. The van der Waals surface area contributed by atoms with E-state index in [4.69, 9.17) is 0 Å². The van der Waals surface area contributed by atoms with Gasteiger partial charge in [0.25, 0.3) is 0 Å². The maximum atomic E-state index is 12.6. The van der Waals surface area contributed by atoms with E-state index in [1.54, 1.807) is 12.1 Å². The van der Waals surface area contributed by atoms with Crippen LogP contribution >= 0.6 is 15.9 Å². The third kappa shape index (κ3) is 3.55. The number of nitrogens with one attached hydrogen (secondary N) is 2. The fourth-order valence-corrected chi connectivity index (χ4v) is 4.55. The number of fused-ring (bicyclic) bond motifs is 1. The summed E-state index contributed by atoms with van der Waals surface area (Å²) in [5.74, 6) is 0. The van der Waals surface area contributed by atoms with Gasteiger partial charge < -0.3 is 4.98 Å². The lowest BCUT2D eigenvalue weighted by Crippen LogP contribution is -2.26. The second-order valence-electron chi connectivity index (χ2n) is 5.61. The molecule has 0 fully saturated rings. The topological polar surface area (TPSA) is 62.0 Å². The molecule has 0 unspecified atom stereocenters. The maximum absolute atomic E-state index is 12.6. The molecule has 2 aromatic carbocycles. The van der Waals surface area contributed by atoms with Crippen LogP contribution in [-0.2, 0) is 22.9 Å². The van der Waals surface area contributed by atoms with Gasteiger partial charge in [-0.15, -0.1) is 0 Å². The van der Waals surface area contributed by atoms with Crippen LogP contribution < -0.4 is 4.72 Å². The number of rotatable bonds is 6. The minimum absolute atomic E-state index is 0.354. The van der Waals surface area contributed by atoms with E-state index in [1.807, 2.05) is 43.5 Å². The summed E-state index contributed by atoms with van der Waals surface area (Å²) in [6.07, 6.45) is 3.25. The fourth-order valence-electron chi connectivity index (χ4n) is 2.82. The van der Waals surface area contributed by atoms with Crippen molar-refractivity contribution in [3.05, 3.63) is 64.3 Å². The molecule has 0 aliphatic heterocycles. The highest BCUT2D eigenvalue weighted by Crippen LogP contribution is 2.22. The number of hydrogen-bond donors (Lipinski definition) is 2. The second-order valence-corrected chi connectivity index (χ2v) is 8.26. The summed E-state index contributed by atoms with van der Waals surface area (Å²) in [5.41, 5.74) is 2.99. The first-order chi connectivity index (χ1) is 11.5. The summed E-state index contributed by atoms with van der Waals surface area (Å²) in [5, 5.41) is 1.13. The molecule has 0 aliphatic rings. The van der Waals surface area contributed by atoms with Crippen molar-refractivity contribution >= 4 is 36.9 Å². The molecule has 0 atom stereocenters. The smallest absolute Gasteiger partial charge is 0.240 e. The van der Waals surface area contributed by atoms with E-state index in [-0.39, 0.29) is 0 Å². The lowest BCUT2D eigenvalue weighted by molar-refractivity contribution is 0.580. The van der Waals surface area contributed by atoms with Gasteiger partial charge in [0.05, 0.1) is 4.90 Å². The van der Waals surface area contributed by atoms with Crippen LogP contribution in [0.2, 0.25) is 0 Å². The molecule has 6 heteroatoms. The van der Waals surface area contributed by atoms with Crippen molar-refractivity contribution in [2.45, 2.75) is 24.7 Å². The molecule has 2 N–H and O–H groups in total. The molecule has 3 rings (SSSR count). The first-order valence-electron chi connectivity index (χ1n) is 7.84. The van der Waals surface area contributed by atoms with Crippen LogP contribution in [0, 0.1) is 0 Å². The summed E-state index contributed by atoms with van der Waals surface area (Å²) in [6.45, 7) is 2.32. The number of aryl methyl sites for hydroxylation is 1. The predicted molar refractivity (Wildman–Crippen MR) is 101 cm³/mol. The van der Waals surface area contributed by atoms with E-state index in [0.717, 1.165) is 26.5 Å². The molecule has 126 valence electrons. The molecule has 1 aromatic heterocycles. The van der Waals surface area contributed by atoms with Gasteiger partial charge in [-0.1, -0.05) is 41.1 Å². The first-order valence-corrected chi connectivity index (χ1v) is 10.1. The van der Waals surface area contributed by atoms with Gasteiger partial charge in [0.1, 0.15) is 0 Å². The van der Waals surface area contributed by atoms with Crippen LogP contribution in [0.15, 0.2) is 58.0 Å². The Morgan fingerprint density at radius 1 is 1.12 bits per heavy atom. The lowest BCUT2D eigenvalue weighted by Gasteiger charge is -2.11. The molecular weight excluding hydrogens is 388 g/mol. The molecule has 24 heavy (non-hydrogen) atoms. The third-order valence-corrected chi connectivity index (χ3v) is 6.11. The van der Waals surface area contributed by atoms with Crippen molar-refractivity contribution in [2.75, 3.05) is 6.54 Å². The molecule has 3 aromatic rings. The highest BCUT2D eigenvalue weighted by atomic mass is 79.9. The monoisotopic (exact) mass is 406 g/mol. The highest BCUT2D eigenvalue weighted by molar-refractivity contribution is 9.10. The van der Waals surface area contributed by atoms with Gasteiger partial charge in [-0.2, -0.15) is 0 Å². The molecule has 0 aliphatic carbocycles. The summed E-state index contributed by atoms with van der Waals surface area (Å²) in [7, 11) is -3.51. The molecular formula is C18H19BrN2O2S. The van der Waals surface area contributed by atoms with Crippen LogP contribution in [-0.4, -0.2) is 19.9 Å². The predicted octanol–water partition coefficient (Wildman–Crippen LogP) is 4.01. The van der Waals surface area contributed by atoms with Crippen molar-refractivity contribution in [3.8, 4) is 0 Å². The molecule has 4 nitrogen and oxygen atoms in total. The zero-order valence-electron chi connectivity index (χ0n) is 13.3. The number of aromatic nitrogens is 1. The zero-order chi connectivity index (χ0) is 17.2. The Bertz CT molecular complexity index is 964. The Morgan fingerprint density at radius 2 is 1.92 bits per heavy atom. The lowest BCUT2D eigenvalue weighted by atomic mass is 10.1. The quantitative estimate of drug-likeness (QED) is 0.649. The Hall–Kier alpha value is -1.63. The van der Waals surface area contributed by atoms with E-state index in [0.29, 0.717) is 24.3 Å². The minimum Gasteiger partial charge on any atom is -0.361 e. The Labute approximate surface area is 150 Å². The molecule has 0 radical (unpaired) electrons. The van der Waals surface area contributed by atoms with Gasteiger partial charge in [0.15, 0.2) is 0 Å². The van der Waals surface area contributed by atoms with Crippen molar-refractivity contribution in [2.24, 2.45) is 0 Å². The van der Waals surface area contributed by atoms with Crippen LogP contribution in [0.5, 0.6) is 0 Å². The number of halogens is 1. The van der Waals surface area contributed by atoms with E-state index in [1.165, 1.54) is 0 Å². The largest absolute Gasteiger partial charge is 0.361 e. The van der Waals surface area contributed by atoms with Crippen molar-refractivity contribution in [3.63, 3.8) is 0 Å². The summed E-state index contributed by atoms with van der Waals surface area (Å²) in [4.78, 5) is 3.56. The van der Waals surface area contributed by atoms with Gasteiger partial charge in [-0.05, 0) is 48.2 Å². The van der Waals surface area contributed by atoms with E-state index < -0.39 is 10.0 Å². The van der Waals surface area contributed by atoms with Crippen molar-refractivity contribution in [1.29, 1.82) is 0 Å². The third-order valence-electron chi connectivity index (χ3n) is 4.05. The van der Waals surface area contributed by atoms with Crippen LogP contribution in [0.1, 0.15) is 18.1 Å². The standard InChI is InChI=1S/C18H19BrN2O2S/c1-2-13-11-15(19)7-8-18(13)24(22,23)21-10-9-14-12-20-17-6-4-3-5-16(14)17/h3-8,11-12,20-21H,2,9-10H2,1H3. The number of para-hydroxylation sites is 1. The van der Waals surface area contributed by atoms with Crippen molar-refractivity contribution < 1.29 is 8.42 Å². The Morgan fingerprint density at radius 3 is 2.71 bits per heavy atom. The zero-order valence-corrected chi connectivity index (χ0v) is 15.7. The van der Waals surface area contributed by atoms with Gasteiger partial charge in [-0.25, -0.2) is 13.1 Å². The van der Waals surface area contributed by atoms with E-state index in [2.05, 4.69) is 25.6 Å². The molecule has 1 heterocycles. The maximum Gasteiger partial charge on any atom is 0.240 e. The first kappa shape index (κ1) is 17.2. The Kier molecular flexibility index (Phi) is 5.08. The highest BCUT2D eigenvalue weighted by Gasteiger charge is 2.17. The van der Waals surface area contributed by atoms with Gasteiger partial charge in [-0.3, -0.25) is 0 Å². The Balaban J connectivity index is 1.74. The average Bonchev–Trinajstić information content (AvgIpc) is 2.98. The number of benzene rings is 2. The van der Waals surface area contributed by atoms with Crippen LogP contribution in [0.3, 0.4) is 0 Å². The normalized spacial score (nSPS) is 11.9. The summed E-state index contributed by atoms with van der Waals surface area (Å²) in [6, 6.07) is 13.3. The number of aromatic amines is 1. The number of sulfonamides is 1. The molecule has 0 amide bonds. The van der Waals surface area contributed by atoms with Crippen LogP contribution in [0.25, 0.3) is 10.9 Å². The summed E-state index contributed by atoms with van der Waals surface area (Å²) >= 11 is 3.39. The van der Waals surface area contributed by atoms with E-state index >= 15 is 0 Å². The molecule has 0 spiro atoms. The second kappa shape index (κ2) is 7.09. The number of hydrogen-bond acceptors (Lipinski definition) is 2. The van der Waals surface area contributed by atoms with Gasteiger partial charge >= 0.3 is 0 Å². The average molecular weight is 407 g/mol. The SMILES string of the molecule is CCc1cc(Br)ccc1S(=O)(=O)NCCc1c[nH]c2ccccc12.